The molecule has 0 fully saturated rings. The number of aromatic nitrogens is 2. The molecule has 0 atom stereocenters. The molecule has 0 aliphatic carbocycles. The molecule has 126 valence electrons. The number of hydrogen-bond donors (Lipinski definition) is 2. The van der Waals surface area contributed by atoms with Crippen molar-refractivity contribution < 1.29 is 13.7 Å². The van der Waals surface area contributed by atoms with E-state index in [2.05, 4.69) is 25.8 Å². The van der Waals surface area contributed by atoms with Crippen molar-refractivity contribution in [2.45, 2.75) is 33.4 Å². The van der Waals surface area contributed by atoms with Gasteiger partial charge in [0.05, 0.1) is 6.26 Å². The van der Waals surface area contributed by atoms with Crippen LogP contribution in [0.15, 0.2) is 32.3 Å². The van der Waals surface area contributed by atoms with Crippen molar-refractivity contribution in [1.29, 1.82) is 0 Å². The van der Waals surface area contributed by atoms with Gasteiger partial charge in [-0.1, -0.05) is 5.16 Å². The molecule has 2 rings (SSSR count). The summed E-state index contributed by atoms with van der Waals surface area (Å²) in [5, 5.41) is 10.1. The third-order valence-electron chi connectivity index (χ3n) is 2.87. The maximum absolute atomic E-state index is 5.52. The lowest BCUT2D eigenvalue weighted by atomic mass is 10.4. The van der Waals surface area contributed by atoms with Crippen molar-refractivity contribution in [2.75, 3.05) is 19.7 Å². The number of ether oxygens (including phenoxy) is 1. The lowest BCUT2D eigenvalue weighted by Crippen LogP contribution is -2.38. The van der Waals surface area contributed by atoms with Crippen LogP contribution < -0.4 is 10.6 Å². The fraction of sp³-hybridized carbons (Fsp3) is 0.533. The lowest BCUT2D eigenvalue weighted by Gasteiger charge is -2.10. The second kappa shape index (κ2) is 9.62. The van der Waals surface area contributed by atoms with Crippen LogP contribution in [0.5, 0.6) is 0 Å². The van der Waals surface area contributed by atoms with Gasteiger partial charge in [0.15, 0.2) is 11.8 Å². The molecule has 23 heavy (non-hydrogen) atoms. The van der Waals surface area contributed by atoms with Crippen LogP contribution in [0, 0.1) is 6.92 Å². The molecule has 2 aromatic rings. The summed E-state index contributed by atoms with van der Waals surface area (Å²) < 4.78 is 15.8. The molecule has 0 aliphatic heterocycles. The highest BCUT2D eigenvalue weighted by Gasteiger charge is 2.03. The molecule has 0 bridgehead atoms. The molecule has 8 heteroatoms. The number of furan rings is 1. The first-order chi connectivity index (χ1) is 11.3. The number of nitrogens with one attached hydrogen (secondary N) is 2. The van der Waals surface area contributed by atoms with Crippen LogP contribution in [0.2, 0.25) is 0 Å². The van der Waals surface area contributed by atoms with Crippen LogP contribution in [0.1, 0.15) is 30.8 Å². The number of hydrogen-bond acceptors (Lipinski definition) is 6. The molecule has 0 aromatic carbocycles. The van der Waals surface area contributed by atoms with Crippen LogP contribution in [-0.4, -0.2) is 35.8 Å². The highest BCUT2D eigenvalue weighted by Crippen LogP contribution is 2.01. The predicted octanol–water partition coefficient (Wildman–Crippen LogP) is 1.63. The second-order valence-corrected chi connectivity index (χ2v) is 4.84. The van der Waals surface area contributed by atoms with Crippen LogP contribution in [0.25, 0.3) is 0 Å². The maximum Gasteiger partial charge on any atom is 0.248 e. The minimum Gasteiger partial charge on any atom is -0.467 e. The minimum absolute atomic E-state index is 0.352. The summed E-state index contributed by atoms with van der Waals surface area (Å²) in [5.74, 6) is 2.67. The predicted molar refractivity (Wildman–Crippen MR) is 84.8 cm³/mol. The van der Waals surface area contributed by atoms with Gasteiger partial charge in [-0.15, -0.1) is 0 Å². The largest absolute Gasteiger partial charge is 0.467 e. The van der Waals surface area contributed by atoms with Gasteiger partial charge in [0.25, 0.3) is 0 Å². The van der Waals surface area contributed by atoms with E-state index in [0.717, 1.165) is 31.2 Å². The zero-order valence-electron chi connectivity index (χ0n) is 13.5. The Morgan fingerprint density at radius 3 is 3.00 bits per heavy atom. The van der Waals surface area contributed by atoms with Gasteiger partial charge in [0.1, 0.15) is 18.9 Å². The minimum atomic E-state index is 0.352. The Bertz CT molecular complexity index is 580. The zero-order chi connectivity index (χ0) is 16.3. The Labute approximate surface area is 135 Å². The fourth-order valence-electron chi connectivity index (χ4n) is 1.84. The monoisotopic (exact) mass is 321 g/mol. The van der Waals surface area contributed by atoms with Gasteiger partial charge < -0.3 is 24.3 Å². The summed E-state index contributed by atoms with van der Waals surface area (Å²) in [6.07, 6.45) is 2.51. The molecule has 2 N–H and O–H groups in total. The van der Waals surface area contributed by atoms with E-state index in [-0.39, 0.29) is 0 Å². The van der Waals surface area contributed by atoms with Gasteiger partial charge >= 0.3 is 0 Å². The summed E-state index contributed by atoms with van der Waals surface area (Å²) in [4.78, 5) is 8.52. The highest BCUT2D eigenvalue weighted by atomic mass is 16.5. The number of aliphatic imine (C=N–C) groups is 1. The maximum atomic E-state index is 5.52. The van der Waals surface area contributed by atoms with Crippen molar-refractivity contribution in [1.82, 2.24) is 20.8 Å². The van der Waals surface area contributed by atoms with Crippen LogP contribution in [0.4, 0.5) is 0 Å². The molecule has 2 heterocycles. The van der Waals surface area contributed by atoms with Gasteiger partial charge in [-0.05, 0) is 32.4 Å². The molecule has 0 amide bonds. The smallest absolute Gasteiger partial charge is 0.248 e. The van der Waals surface area contributed by atoms with Crippen molar-refractivity contribution in [3.05, 3.63) is 35.9 Å². The summed E-state index contributed by atoms with van der Waals surface area (Å²) >= 11 is 0. The van der Waals surface area contributed by atoms with E-state index in [4.69, 9.17) is 13.7 Å². The molecule has 0 spiro atoms. The molecule has 0 saturated heterocycles. The molecule has 0 unspecified atom stereocenters. The third-order valence-corrected chi connectivity index (χ3v) is 2.87. The number of rotatable bonds is 9. The molecular weight excluding hydrogens is 298 g/mol. The molecule has 0 radical (unpaired) electrons. The van der Waals surface area contributed by atoms with E-state index < -0.39 is 0 Å². The van der Waals surface area contributed by atoms with Crippen molar-refractivity contribution in [3.63, 3.8) is 0 Å². The van der Waals surface area contributed by atoms with Gasteiger partial charge in [-0.3, -0.25) is 0 Å². The van der Waals surface area contributed by atoms with E-state index in [1.54, 1.807) is 13.2 Å². The van der Waals surface area contributed by atoms with Gasteiger partial charge in [-0.2, -0.15) is 4.98 Å². The van der Waals surface area contributed by atoms with Crippen molar-refractivity contribution >= 4 is 5.96 Å². The Morgan fingerprint density at radius 2 is 2.30 bits per heavy atom. The van der Waals surface area contributed by atoms with Crippen LogP contribution in [0.3, 0.4) is 0 Å². The molecular formula is C15H23N5O3. The third kappa shape index (κ3) is 6.52. The van der Waals surface area contributed by atoms with Crippen molar-refractivity contribution in [2.24, 2.45) is 4.99 Å². The first kappa shape index (κ1) is 17.0. The average Bonchev–Trinajstić information content (AvgIpc) is 3.19. The second-order valence-electron chi connectivity index (χ2n) is 4.84. The normalized spacial score (nSPS) is 11.7. The molecule has 8 nitrogen and oxygen atoms in total. The van der Waals surface area contributed by atoms with Gasteiger partial charge in [0.2, 0.25) is 5.89 Å². The zero-order valence-corrected chi connectivity index (χ0v) is 13.5. The van der Waals surface area contributed by atoms with E-state index >= 15 is 0 Å². The van der Waals surface area contributed by atoms with Gasteiger partial charge in [-0.25, -0.2) is 4.99 Å². The first-order valence-corrected chi connectivity index (χ1v) is 7.69. The molecule has 0 saturated carbocycles. The molecule has 0 aliphatic rings. The number of guanidine groups is 1. The molecule has 2 aromatic heterocycles. The highest BCUT2D eigenvalue weighted by molar-refractivity contribution is 5.79. The number of aryl methyl sites for hydroxylation is 1. The van der Waals surface area contributed by atoms with E-state index in [1.165, 1.54) is 0 Å². The summed E-state index contributed by atoms with van der Waals surface area (Å²) in [6.45, 7) is 6.83. The van der Waals surface area contributed by atoms with E-state index in [1.807, 2.05) is 19.1 Å². The van der Waals surface area contributed by atoms with E-state index in [9.17, 15) is 0 Å². The quantitative estimate of drug-likeness (QED) is 0.411. The standard InChI is InChI=1S/C15H23N5O3/c1-3-16-15(18-10-14-19-12(2)20-23-14)17-7-5-8-21-11-13-6-4-9-22-13/h4,6,9H,3,5,7-8,10-11H2,1-2H3,(H2,16,17,18). The summed E-state index contributed by atoms with van der Waals surface area (Å²) in [6, 6.07) is 3.75. The Kier molecular flexibility index (Phi) is 7.12. The Morgan fingerprint density at radius 1 is 1.39 bits per heavy atom. The SMILES string of the molecule is CCNC(=NCc1nc(C)no1)NCCCOCc1ccco1. The topological polar surface area (TPSA) is 97.7 Å². The fourth-order valence-corrected chi connectivity index (χ4v) is 1.84. The Hall–Kier alpha value is -2.35. The van der Waals surface area contributed by atoms with E-state index in [0.29, 0.717) is 31.5 Å². The summed E-state index contributed by atoms with van der Waals surface area (Å²) in [5.41, 5.74) is 0. The average molecular weight is 321 g/mol. The Balaban J connectivity index is 1.63. The van der Waals surface area contributed by atoms with Crippen LogP contribution in [-0.2, 0) is 17.9 Å². The summed E-state index contributed by atoms with van der Waals surface area (Å²) in [7, 11) is 0. The first-order valence-electron chi connectivity index (χ1n) is 7.69. The lowest BCUT2D eigenvalue weighted by molar-refractivity contribution is 0.105. The number of nitrogens with zero attached hydrogens (tertiary/aromatic N) is 3. The van der Waals surface area contributed by atoms with Gasteiger partial charge in [0, 0.05) is 19.7 Å². The van der Waals surface area contributed by atoms with Crippen LogP contribution >= 0.6 is 0 Å². The van der Waals surface area contributed by atoms with Crippen molar-refractivity contribution in [3.8, 4) is 0 Å².